The van der Waals surface area contributed by atoms with Gasteiger partial charge in [-0.05, 0) is 55.2 Å². The van der Waals surface area contributed by atoms with Gasteiger partial charge >= 0.3 is 5.97 Å². The van der Waals surface area contributed by atoms with Crippen molar-refractivity contribution >= 4 is 11.8 Å². The summed E-state index contributed by atoms with van der Waals surface area (Å²) in [7, 11) is 0. The Bertz CT molecular complexity index is 737. The topological polar surface area (TPSA) is 63.7 Å². The molecule has 1 aliphatic rings. The fourth-order valence-corrected chi connectivity index (χ4v) is 3.15. The van der Waals surface area contributed by atoms with E-state index in [1.807, 2.05) is 31.2 Å². The lowest BCUT2D eigenvalue weighted by molar-refractivity contribution is -0.144. The molecule has 6 nitrogen and oxygen atoms in total. The molecule has 144 valence electrons. The van der Waals surface area contributed by atoms with Crippen molar-refractivity contribution in [2.75, 3.05) is 38.2 Å². The van der Waals surface area contributed by atoms with E-state index in [2.05, 4.69) is 27.3 Å². The van der Waals surface area contributed by atoms with Gasteiger partial charge in [-0.1, -0.05) is 12.1 Å². The van der Waals surface area contributed by atoms with Gasteiger partial charge < -0.3 is 14.8 Å². The van der Waals surface area contributed by atoms with E-state index in [1.54, 1.807) is 6.20 Å². The molecule has 0 aliphatic carbocycles. The molecule has 1 aliphatic heterocycles. The Balaban J connectivity index is 1.41. The summed E-state index contributed by atoms with van der Waals surface area (Å²) in [6.07, 6.45) is 3.61. The van der Waals surface area contributed by atoms with E-state index in [-0.39, 0.29) is 5.97 Å². The smallest absolute Gasteiger partial charge is 0.320 e. The first-order chi connectivity index (χ1) is 13.2. The van der Waals surface area contributed by atoms with Crippen LogP contribution < -0.4 is 10.1 Å². The minimum absolute atomic E-state index is 0.153. The molecule has 1 N–H and O–H groups in total. The zero-order chi connectivity index (χ0) is 18.9. The number of pyridine rings is 1. The molecular formula is C21H27N3O3. The van der Waals surface area contributed by atoms with Crippen molar-refractivity contribution in [3.63, 3.8) is 0 Å². The quantitative estimate of drug-likeness (QED) is 0.542. The first-order valence-electron chi connectivity index (χ1n) is 9.52. The maximum absolute atomic E-state index is 11.6. The average molecular weight is 369 g/mol. The largest absolute Gasteiger partial charge is 0.494 e. The lowest BCUT2D eigenvalue weighted by atomic mass is 9.99. The number of rotatable bonds is 9. The van der Waals surface area contributed by atoms with Gasteiger partial charge in [0.25, 0.3) is 0 Å². The lowest BCUT2D eigenvalue weighted by Gasteiger charge is -2.28. The second kappa shape index (κ2) is 9.92. The fraction of sp³-hybridized carbons (Fsp3) is 0.429. The van der Waals surface area contributed by atoms with Crippen molar-refractivity contribution in [2.24, 2.45) is 0 Å². The molecule has 0 amide bonds. The molecule has 0 atom stereocenters. The Hall–Kier alpha value is -2.60. The molecule has 2 aromatic rings. The van der Waals surface area contributed by atoms with Crippen LogP contribution in [0.1, 0.15) is 24.5 Å². The van der Waals surface area contributed by atoms with Gasteiger partial charge in [0.1, 0.15) is 11.6 Å². The van der Waals surface area contributed by atoms with Gasteiger partial charge in [-0.25, -0.2) is 4.98 Å². The molecule has 0 bridgehead atoms. The van der Waals surface area contributed by atoms with Gasteiger partial charge in [0, 0.05) is 25.8 Å². The van der Waals surface area contributed by atoms with Gasteiger partial charge in [0.2, 0.25) is 0 Å². The minimum Gasteiger partial charge on any atom is -0.494 e. The highest BCUT2D eigenvalue weighted by molar-refractivity contribution is 5.71. The summed E-state index contributed by atoms with van der Waals surface area (Å²) in [5.41, 5.74) is 2.56. The second-order valence-electron chi connectivity index (χ2n) is 6.54. The van der Waals surface area contributed by atoms with E-state index in [9.17, 15) is 4.79 Å². The van der Waals surface area contributed by atoms with Crippen LogP contribution in [0.5, 0.6) is 5.75 Å². The van der Waals surface area contributed by atoms with Crippen molar-refractivity contribution in [3.8, 4) is 5.75 Å². The van der Waals surface area contributed by atoms with E-state index in [0.29, 0.717) is 19.8 Å². The molecule has 0 spiro atoms. The molecule has 6 heteroatoms. The molecular weight excluding hydrogens is 342 g/mol. The summed E-state index contributed by atoms with van der Waals surface area (Å²) in [6, 6.07) is 12.1. The van der Waals surface area contributed by atoms with Crippen LogP contribution in [0, 0.1) is 0 Å². The van der Waals surface area contributed by atoms with Crippen LogP contribution in [0.2, 0.25) is 0 Å². The molecule has 0 unspecified atom stereocenters. The van der Waals surface area contributed by atoms with Gasteiger partial charge in [-0.15, -0.1) is 0 Å². The summed E-state index contributed by atoms with van der Waals surface area (Å²) in [6.45, 7) is 5.75. The van der Waals surface area contributed by atoms with Gasteiger partial charge in [0.05, 0.1) is 19.8 Å². The number of benzene rings is 1. The predicted octanol–water partition coefficient (Wildman–Crippen LogP) is 2.88. The standard InChI is InChI=1S/C21H27N3O3/c1-2-26-21(25)16-24-12-9-17-14-19(8-7-18(17)15-24)27-13-5-11-23-20-6-3-4-10-22-20/h3-4,6-8,10,14H,2,5,9,11-13,15-16H2,1H3,(H,22,23). The maximum Gasteiger partial charge on any atom is 0.320 e. The van der Waals surface area contributed by atoms with Crippen LogP contribution >= 0.6 is 0 Å². The highest BCUT2D eigenvalue weighted by Gasteiger charge is 2.19. The summed E-state index contributed by atoms with van der Waals surface area (Å²) in [5.74, 6) is 1.64. The average Bonchev–Trinajstić information content (AvgIpc) is 2.69. The fourth-order valence-electron chi connectivity index (χ4n) is 3.15. The van der Waals surface area contributed by atoms with Gasteiger partial charge in [-0.3, -0.25) is 9.69 Å². The van der Waals surface area contributed by atoms with E-state index >= 15 is 0 Å². The van der Waals surface area contributed by atoms with Crippen LogP contribution in [-0.4, -0.2) is 48.7 Å². The number of fused-ring (bicyclic) bond motifs is 1. The molecule has 0 radical (unpaired) electrons. The van der Waals surface area contributed by atoms with E-state index in [0.717, 1.165) is 44.0 Å². The number of hydrogen-bond donors (Lipinski definition) is 1. The molecule has 0 fully saturated rings. The number of hydrogen-bond acceptors (Lipinski definition) is 6. The predicted molar refractivity (Wildman–Crippen MR) is 105 cm³/mol. The number of nitrogens with one attached hydrogen (secondary N) is 1. The second-order valence-corrected chi connectivity index (χ2v) is 6.54. The number of nitrogens with zero attached hydrogens (tertiary/aromatic N) is 2. The molecule has 3 rings (SSSR count). The third-order valence-corrected chi connectivity index (χ3v) is 4.49. The van der Waals surface area contributed by atoms with Crippen LogP contribution in [0.3, 0.4) is 0 Å². The summed E-state index contributed by atoms with van der Waals surface area (Å²) in [4.78, 5) is 18.0. The Morgan fingerprint density at radius 1 is 1.26 bits per heavy atom. The third-order valence-electron chi connectivity index (χ3n) is 4.49. The first-order valence-corrected chi connectivity index (χ1v) is 9.52. The lowest BCUT2D eigenvalue weighted by Crippen LogP contribution is -2.35. The summed E-state index contributed by atoms with van der Waals surface area (Å²) < 4.78 is 10.9. The van der Waals surface area contributed by atoms with Crippen molar-refractivity contribution in [1.29, 1.82) is 0 Å². The Kier molecular flexibility index (Phi) is 7.04. The van der Waals surface area contributed by atoms with Crippen molar-refractivity contribution < 1.29 is 14.3 Å². The number of carbonyl (C=O) groups excluding carboxylic acids is 1. The zero-order valence-corrected chi connectivity index (χ0v) is 15.8. The number of ether oxygens (including phenoxy) is 2. The first kappa shape index (κ1) is 19.2. The van der Waals surface area contributed by atoms with Crippen LogP contribution in [0.4, 0.5) is 5.82 Å². The SMILES string of the molecule is CCOC(=O)CN1CCc2cc(OCCCNc3ccccn3)ccc2C1. The van der Waals surface area contributed by atoms with Crippen molar-refractivity contribution in [2.45, 2.75) is 26.3 Å². The molecule has 1 aromatic heterocycles. The summed E-state index contributed by atoms with van der Waals surface area (Å²) >= 11 is 0. The van der Waals surface area contributed by atoms with Crippen molar-refractivity contribution in [3.05, 3.63) is 53.7 Å². The maximum atomic E-state index is 11.6. The number of aromatic nitrogens is 1. The van der Waals surface area contributed by atoms with E-state index < -0.39 is 0 Å². The summed E-state index contributed by atoms with van der Waals surface area (Å²) in [5, 5.41) is 3.28. The molecule has 0 saturated carbocycles. The van der Waals surface area contributed by atoms with Gasteiger partial charge in [-0.2, -0.15) is 0 Å². The zero-order valence-electron chi connectivity index (χ0n) is 15.8. The van der Waals surface area contributed by atoms with E-state index in [4.69, 9.17) is 9.47 Å². The highest BCUT2D eigenvalue weighted by Crippen LogP contribution is 2.24. The van der Waals surface area contributed by atoms with Crippen LogP contribution in [0.15, 0.2) is 42.6 Å². The Labute approximate surface area is 160 Å². The van der Waals surface area contributed by atoms with Crippen LogP contribution in [0.25, 0.3) is 0 Å². The van der Waals surface area contributed by atoms with E-state index in [1.165, 1.54) is 11.1 Å². The molecule has 1 aromatic carbocycles. The monoisotopic (exact) mass is 369 g/mol. The normalized spacial score (nSPS) is 13.7. The number of esters is 1. The molecule has 2 heterocycles. The van der Waals surface area contributed by atoms with Gasteiger partial charge in [0.15, 0.2) is 0 Å². The van der Waals surface area contributed by atoms with Crippen molar-refractivity contribution in [1.82, 2.24) is 9.88 Å². The molecule has 27 heavy (non-hydrogen) atoms. The Morgan fingerprint density at radius 2 is 2.19 bits per heavy atom. The third kappa shape index (κ3) is 5.96. The van der Waals surface area contributed by atoms with Crippen LogP contribution in [-0.2, 0) is 22.5 Å². The Morgan fingerprint density at radius 3 is 3.00 bits per heavy atom. The number of carbonyl (C=O) groups is 1. The molecule has 0 saturated heterocycles. The number of anilines is 1. The minimum atomic E-state index is -0.153. The highest BCUT2D eigenvalue weighted by atomic mass is 16.5.